The van der Waals surface area contributed by atoms with Gasteiger partial charge in [-0.1, -0.05) is 0 Å². The van der Waals surface area contributed by atoms with Crippen molar-refractivity contribution in [3.8, 4) is 6.07 Å². The average molecular weight is 395 g/mol. The van der Waals surface area contributed by atoms with Crippen molar-refractivity contribution in [2.24, 2.45) is 5.92 Å². The lowest BCUT2D eigenvalue weighted by molar-refractivity contribution is -0.384. The minimum atomic E-state index is -0.800. The Morgan fingerprint density at radius 3 is 2.76 bits per heavy atom. The maximum Gasteiger partial charge on any atom is 0.317 e. The molecule has 0 amide bonds. The second-order valence-electron chi connectivity index (χ2n) is 7.86. The monoisotopic (exact) mass is 395 g/mol. The standard InChI is InChI=1S/C20H21N5O4/c21-9-13-5-19(23-18-4-3-15(25(28)29)8-17(13)18)22-14-6-16(7-14)24(11-20(26)27)10-12-1-2-12/h3-5,8,12,14,16H,1-2,6-7,10-11H2,(H,22,23)(H,26,27). The topological polar surface area (TPSA) is 132 Å². The summed E-state index contributed by atoms with van der Waals surface area (Å²) in [6, 6.07) is 8.38. The molecule has 9 nitrogen and oxygen atoms in total. The van der Waals surface area contributed by atoms with Gasteiger partial charge < -0.3 is 10.4 Å². The van der Waals surface area contributed by atoms with Crippen molar-refractivity contribution in [1.82, 2.24) is 9.88 Å². The van der Waals surface area contributed by atoms with E-state index in [0.29, 0.717) is 28.2 Å². The quantitative estimate of drug-likeness (QED) is 0.515. The van der Waals surface area contributed by atoms with Crippen molar-refractivity contribution in [2.75, 3.05) is 18.4 Å². The Kier molecular flexibility index (Phi) is 5.03. The molecule has 0 spiro atoms. The molecule has 2 N–H and O–H groups in total. The van der Waals surface area contributed by atoms with Gasteiger partial charge in [0.25, 0.3) is 5.69 Å². The number of nitriles is 1. The number of benzene rings is 1. The molecule has 2 aromatic rings. The summed E-state index contributed by atoms with van der Waals surface area (Å²) < 4.78 is 0. The smallest absolute Gasteiger partial charge is 0.317 e. The van der Waals surface area contributed by atoms with Crippen LogP contribution in [-0.4, -0.2) is 51.1 Å². The maximum atomic E-state index is 11.1. The summed E-state index contributed by atoms with van der Waals surface area (Å²) >= 11 is 0. The number of pyridine rings is 1. The first-order valence-corrected chi connectivity index (χ1v) is 9.64. The van der Waals surface area contributed by atoms with Crippen LogP contribution in [0.4, 0.5) is 11.5 Å². The molecule has 2 fully saturated rings. The molecule has 0 unspecified atom stereocenters. The van der Waals surface area contributed by atoms with E-state index >= 15 is 0 Å². The van der Waals surface area contributed by atoms with Crippen molar-refractivity contribution in [3.63, 3.8) is 0 Å². The Morgan fingerprint density at radius 2 is 2.14 bits per heavy atom. The van der Waals surface area contributed by atoms with Gasteiger partial charge in [0, 0.05) is 36.1 Å². The first kappa shape index (κ1) is 19.1. The van der Waals surface area contributed by atoms with E-state index in [1.807, 2.05) is 0 Å². The Morgan fingerprint density at radius 1 is 1.38 bits per heavy atom. The van der Waals surface area contributed by atoms with Crippen LogP contribution in [0.1, 0.15) is 31.2 Å². The molecule has 2 aliphatic carbocycles. The van der Waals surface area contributed by atoms with Crippen molar-refractivity contribution in [3.05, 3.63) is 39.9 Å². The summed E-state index contributed by atoms with van der Waals surface area (Å²) in [5.41, 5.74) is 0.778. The lowest BCUT2D eigenvalue weighted by Crippen LogP contribution is -2.52. The maximum absolute atomic E-state index is 11.1. The molecular formula is C20H21N5O4. The summed E-state index contributed by atoms with van der Waals surface area (Å²) in [6.07, 6.45) is 4.00. The van der Waals surface area contributed by atoms with E-state index < -0.39 is 10.9 Å². The summed E-state index contributed by atoms with van der Waals surface area (Å²) in [6.45, 7) is 0.911. The minimum Gasteiger partial charge on any atom is -0.480 e. The van der Waals surface area contributed by atoms with Gasteiger partial charge in [-0.05, 0) is 43.7 Å². The molecule has 1 heterocycles. The van der Waals surface area contributed by atoms with E-state index in [4.69, 9.17) is 5.11 Å². The number of hydrogen-bond donors (Lipinski definition) is 2. The Labute approximate surface area is 167 Å². The van der Waals surface area contributed by atoms with Gasteiger partial charge in [-0.25, -0.2) is 4.98 Å². The van der Waals surface area contributed by atoms with Crippen LogP contribution in [0.15, 0.2) is 24.3 Å². The number of aliphatic carboxylic acids is 1. The van der Waals surface area contributed by atoms with Crippen LogP contribution in [0.5, 0.6) is 0 Å². The summed E-state index contributed by atoms with van der Waals surface area (Å²) in [5.74, 6) is 0.384. The van der Waals surface area contributed by atoms with Crippen LogP contribution in [0.2, 0.25) is 0 Å². The number of fused-ring (bicyclic) bond motifs is 1. The molecular weight excluding hydrogens is 374 g/mol. The molecule has 4 rings (SSSR count). The number of anilines is 1. The number of nitro groups is 1. The predicted octanol–water partition coefficient (Wildman–Crippen LogP) is 2.75. The van der Waals surface area contributed by atoms with E-state index in [2.05, 4.69) is 21.3 Å². The number of carboxylic acid groups (broad SMARTS) is 1. The Hall–Kier alpha value is -3.25. The molecule has 0 atom stereocenters. The van der Waals surface area contributed by atoms with Crippen molar-refractivity contribution >= 4 is 28.4 Å². The highest BCUT2D eigenvalue weighted by molar-refractivity contribution is 5.88. The summed E-state index contributed by atoms with van der Waals surface area (Å²) in [5, 5.41) is 33.4. The fraction of sp³-hybridized carbons (Fsp3) is 0.450. The van der Waals surface area contributed by atoms with E-state index in [-0.39, 0.29) is 24.3 Å². The number of carbonyl (C=O) groups is 1. The summed E-state index contributed by atoms with van der Waals surface area (Å²) in [4.78, 5) is 28.2. The SMILES string of the molecule is N#Cc1cc(NC2CC(N(CC(=O)O)CC3CC3)C2)nc2ccc([N+](=O)[O-])cc12. The van der Waals surface area contributed by atoms with Crippen LogP contribution in [0, 0.1) is 27.4 Å². The number of nitrogens with one attached hydrogen (secondary N) is 1. The fourth-order valence-corrected chi connectivity index (χ4v) is 3.86. The number of nitro benzene ring substituents is 1. The molecule has 9 heteroatoms. The fourth-order valence-electron chi connectivity index (χ4n) is 3.86. The third-order valence-corrected chi connectivity index (χ3v) is 5.63. The zero-order chi connectivity index (χ0) is 20.5. The number of non-ortho nitro benzene ring substituents is 1. The largest absolute Gasteiger partial charge is 0.480 e. The zero-order valence-corrected chi connectivity index (χ0v) is 15.7. The predicted molar refractivity (Wildman–Crippen MR) is 105 cm³/mol. The summed E-state index contributed by atoms with van der Waals surface area (Å²) in [7, 11) is 0. The number of aromatic nitrogens is 1. The third-order valence-electron chi connectivity index (χ3n) is 5.63. The highest BCUT2D eigenvalue weighted by Crippen LogP contribution is 2.35. The minimum absolute atomic E-state index is 0.0689. The molecule has 0 radical (unpaired) electrons. The Bertz CT molecular complexity index is 1010. The second kappa shape index (κ2) is 7.64. The molecule has 1 aromatic carbocycles. The molecule has 1 aromatic heterocycles. The van der Waals surface area contributed by atoms with Gasteiger partial charge in [-0.15, -0.1) is 0 Å². The van der Waals surface area contributed by atoms with Crippen LogP contribution >= 0.6 is 0 Å². The third kappa shape index (κ3) is 4.27. The van der Waals surface area contributed by atoms with Crippen molar-refractivity contribution < 1.29 is 14.8 Å². The highest BCUT2D eigenvalue weighted by atomic mass is 16.6. The van der Waals surface area contributed by atoms with Gasteiger partial charge in [0.05, 0.1) is 28.6 Å². The highest BCUT2D eigenvalue weighted by Gasteiger charge is 2.37. The lowest BCUT2D eigenvalue weighted by atomic mass is 9.85. The normalized spacial score (nSPS) is 20.8. The second-order valence-corrected chi connectivity index (χ2v) is 7.86. The zero-order valence-electron chi connectivity index (χ0n) is 15.7. The number of carboxylic acids is 1. The van der Waals surface area contributed by atoms with Gasteiger partial charge in [0.1, 0.15) is 5.82 Å². The van der Waals surface area contributed by atoms with Crippen LogP contribution < -0.4 is 5.32 Å². The van der Waals surface area contributed by atoms with Crippen molar-refractivity contribution in [1.29, 1.82) is 5.26 Å². The Balaban J connectivity index is 1.45. The lowest BCUT2D eigenvalue weighted by Gasteiger charge is -2.43. The molecule has 0 bridgehead atoms. The van der Waals surface area contributed by atoms with Crippen LogP contribution in [0.3, 0.4) is 0 Å². The molecule has 150 valence electrons. The molecule has 2 aliphatic rings. The van der Waals surface area contributed by atoms with Gasteiger partial charge in [0.15, 0.2) is 0 Å². The van der Waals surface area contributed by atoms with E-state index in [1.165, 1.54) is 25.0 Å². The number of nitrogens with zero attached hydrogens (tertiary/aromatic N) is 4. The molecule has 2 saturated carbocycles. The average Bonchev–Trinajstić information content (AvgIpc) is 3.46. The van der Waals surface area contributed by atoms with Crippen LogP contribution in [-0.2, 0) is 4.79 Å². The van der Waals surface area contributed by atoms with E-state index in [0.717, 1.165) is 19.4 Å². The molecule has 29 heavy (non-hydrogen) atoms. The van der Waals surface area contributed by atoms with E-state index in [9.17, 15) is 20.2 Å². The number of rotatable bonds is 8. The molecule has 0 saturated heterocycles. The van der Waals surface area contributed by atoms with Crippen molar-refractivity contribution in [2.45, 2.75) is 37.8 Å². The molecule has 0 aliphatic heterocycles. The van der Waals surface area contributed by atoms with Gasteiger partial charge in [-0.3, -0.25) is 19.8 Å². The van der Waals surface area contributed by atoms with Gasteiger partial charge in [0.2, 0.25) is 0 Å². The number of hydrogen-bond acceptors (Lipinski definition) is 7. The first-order chi connectivity index (χ1) is 13.9. The van der Waals surface area contributed by atoms with Gasteiger partial charge >= 0.3 is 5.97 Å². The van der Waals surface area contributed by atoms with E-state index in [1.54, 1.807) is 12.1 Å². The van der Waals surface area contributed by atoms with Gasteiger partial charge in [-0.2, -0.15) is 5.26 Å². The first-order valence-electron chi connectivity index (χ1n) is 9.64. The van der Waals surface area contributed by atoms with Crippen LogP contribution in [0.25, 0.3) is 10.9 Å².